The SMILES string of the molecule is CC1=C2c3oc(C)cc3C1[Si]2(C)C.CCCCCc1ccc(-c2cccc3[cH-]c(C)cc23)cc1.[Cl-].[Cl-].[Zr+3]. The number of hydrogen-bond donors (Lipinski definition) is 0. The molecule has 7 rings (SSSR count). The summed E-state index contributed by atoms with van der Waals surface area (Å²) in [5.74, 6) is 2.31. The first-order chi connectivity index (χ1) is 16.3. The van der Waals surface area contributed by atoms with Crippen molar-refractivity contribution in [2.24, 2.45) is 0 Å². The van der Waals surface area contributed by atoms with Gasteiger partial charge < -0.3 is 29.2 Å². The van der Waals surface area contributed by atoms with Crippen LogP contribution in [0, 0.1) is 13.8 Å². The van der Waals surface area contributed by atoms with E-state index in [-0.39, 0.29) is 51.0 Å². The molecule has 1 radical (unpaired) electrons. The Hall–Kier alpha value is -1.25. The zero-order chi connectivity index (χ0) is 24.0. The molecule has 0 saturated carbocycles. The third-order valence-electron chi connectivity index (χ3n) is 7.84. The van der Waals surface area contributed by atoms with Crippen LogP contribution in [0.3, 0.4) is 0 Å². The maximum Gasteiger partial charge on any atom is 3.00 e. The predicted octanol–water partition coefficient (Wildman–Crippen LogP) is 3.53. The number of fused-ring (bicyclic) bond motifs is 1. The van der Waals surface area contributed by atoms with Crippen molar-refractivity contribution < 1.29 is 55.4 Å². The van der Waals surface area contributed by atoms with Crippen LogP contribution in [0.5, 0.6) is 0 Å². The number of allylic oxidation sites excluding steroid dienone is 1. The summed E-state index contributed by atoms with van der Waals surface area (Å²) in [7, 11) is -1.10. The molecule has 1 nitrogen and oxygen atoms in total. The summed E-state index contributed by atoms with van der Waals surface area (Å²) in [6.45, 7) is 13.6. The maximum absolute atomic E-state index is 5.76. The average Bonchev–Trinajstić information content (AvgIpc) is 3.48. The van der Waals surface area contributed by atoms with Gasteiger partial charge in [0, 0.05) is 11.1 Å². The molecule has 37 heavy (non-hydrogen) atoms. The fourth-order valence-corrected chi connectivity index (χ4v) is 10.6. The summed E-state index contributed by atoms with van der Waals surface area (Å²) in [4.78, 5) is 0. The van der Waals surface area contributed by atoms with Crippen molar-refractivity contribution in [3.63, 3.8) is 0 Å². The standard InChI is InChI=1S/C21H23.C11H14OSi.2ClH.Zr/c1-3-4-5-7-17-10-12-18(13-11-17)20-9-6-8-19-14-16(2)15-21(19)20;1-6-5-8-9(12-6)11-7(2)10(8)13(11,3)4;;;/h6,8-15H,3-5,7H2,1-2H3;5,10H,1-4H3;2*1H;/q-1;;;;+3/p-2. The smallest absolute Gasteiger partial charge is 1.00 e. The van der Waals surface area contributed by atoms with Crippen LogP contribution in [0.2, 0.25) is 13.1 Å². The predicted molar refractivity (Wildman–Crippen MR) is 149 cm³/mol. The zero-order valence-corrected chi connectivity index (χ0v) is 27.8. The van der Waals surface area contributed by atoms with Gasteiger partial charge in [0.1, 0.15) is 11.5 Å². The molecule has 3 aromatic carbocycles. The molecule has 0 amide bonds. The van der Waals surface area contributed by atoms with E-state index in [1.54, 1.807) is 10.8 Å². The molecule has 193 valence electrons. The number of furan rings is 1. The first-order valence-corrected chi connectivity index (χ1v) is 16.0. The van der Waals surface area contributed by atoms with E-state index in [4.69, 9.17) is 4.42 Å². The summed E-state index contributed by atoms with van der Waals surface area (Å²) >= 11 is 0. The molecule has 1 unspecified atom stereocenters. The van der Waals surface area contributed by atoms with Crippen LogP contribution < -0.4 is 24.8 Å². The second kappa shape index (κ2) is 12.7. The van der Waals surface area contributed by atoms with Crippen molar-refractivity contribution in [1.29, 1.82) is 0 Å². The summed E-state index contributed by atoms with van der Waals surface area (Å²) < 4.78 is 5.76. The Bertz CT molecular complexity index is 1380. The Morgan fingerprint density at radius 1 is 0.919 bits per heavy atom. The molecule has 5 heteroatoms. The molecule has 0 fully saturated rings. The zero-order valence-electron chi connectivity index (χ0n) is 22.8. The fraction of sp³-hybridized carbons (Fsp3) is 0.344. The van der Waals surface area contributed by atoms with Gasteiger partial charge in [-0.05, 0) is 49.1 Å². The van der Waals surface area contributed by atoms with Gasteiger partial charge in [-0.3, -0.25) is 0 Å². The molecule has 0 spiro atoms. The number of halogens is 2. The number of rotatable bonds is 5. The van der Waals surface area contributed by atoms with Crippen molar-refractivity contribution in [3.05, 3.63) is 94.4 Å². The quantitative estimate of drug-likeness (QED) is 0.188. The Morgan fingerprint density at radius 2 is 1.62 bits per heavy atom. The topological polar surface area (TPSA) is 13.1 Å². The van der Waals surface area contributed by atoms with Crippen molar-refractivity contribution in [2.75, 3.05) is 0 Å². The molecule has 0 N–H and O–H groups in total. The molecule has 1 aromatic heterocycles. The van der Waals surface area contributed by atoms with E-state index in [9.17, 15) is 0 Å². The molecule has 4 aromatic rings. The van der Waals surface area contributed by atoms with Gasteiger partial charge in [-0.2, -0.15) is 6.07 Å². The molecular formula is C32H37Cl2OSiZr. The Labute approximate surface area is 255 Å². The summed E-state index contributed by atoms with van der Waals surface area (Å²) in [5, 5.41) is 4.31. The normalized spacial score (nSPS) is 16.0. The van der Waals surface area contributed by atoms with Crippen molar-refractivity contribution in [3.8, 4) is 11.1 Å². The van der Waals surface area contributed by atoms with Gasteiger partial charge in [0.2, 0.25) is 0 Å². The fourth-order valence-electron chi connectivity index (χ4n) is 6.36. The number of hydrogen-bond acceptors (Lipinski definition) is 1. The van der Waals surface area contributed by atoms with Crippen LogP contribution in [0.1, 0.15) is 66.9 Å². The van der Waals surface area contributed by atoms with Gasteiger partial charge in [0.25, 0.3) is 0 Å². The molecule has 3 aliphatic rings. The van der Waals surface area contributed by atoms with Crippen LogP contribution in [0.25, 0.3) is 27.1 Å². The summed E-state index contributed by atoms with van der Waals surface area (Å²) in [6, 6.07) is 22.5. The first-order valence-electron chi connectivity index (χ1n) is 12.9. The van der Waals surface area contributed by atoms with Crippen molar-refractivity contribution in [2.45, 2.75) is 72.0 Å². The van der Waals surface area contributed by atoms with Crippen LogP contribution in [-0.2, 0) is 32.6 Å². The molecule has 1 atom stereocenters. The minimum atomic E-state index is -1.10. The molecule has 2 aliphatic heterocycles. The summed E-state index contributed by atoms with van der Waals surface area (Å²) in [6.07, 6.45) is 5.12. The Morgan fingerprint density at radius 3 is 2.24 bits per heavy atom. The van der Waals surface area contributed by atoms with Gasteiger partial charge in [-0.15, -0.1) is 34.5 Å². The van der Waals surface area contributed by atoms with E-state index in [2.05, 4.69) is 94.5 Å². The monoisotopic (exact) mass is 625 g/mol. The Balaban J connectivity index is 0.000000261. The molecule has 1 aliphatic carbocycles. The Kier molecular flexibility index (Phi) is 11.0. The van der Waals surface area contributed by atoms with Crippen molar-refractivity contribution in [1.82, 2.24) is 0 Å². The van der Waals surface area contributed by atoms with Gasteiger partial charge in [0.05, 0.1) is 8.07 Å². The first kappa shape index (κ1) is 32.0. The van der Waals surface area contributed by atoms with Crippen molar-refractivity contribution >= 4 is 24.0 Å². The van der Waals surface area contributed by atoms with Gasteiger partial charge >= 0.3 is 26.2 Å². The largest absolute Gasteiger partial charge is 3.00 e. The number of unbranched alkanes of at least 4 members (excludes halogenated alkanes) is 2. The van der Waals surface area contributed by atoms with E-state index in [1.165, 1.54) is 70.0 Å². The minimum Gasteiger partial charge on any atom is -1.00 e. The molecule has 0 saturated heterocycles. The van der Waals surface area contributed by atoms with E-state index in [0.717, 1.165) is 11.3 Å². The second-order valence-corrected chi connectivity index (χ2v) is 15.4. The summed E-state index contributed by atoms with van der Waals surface area (Å²) in [5.41, 5.74) is 9.32. The van der Waals surface area contributed by atoms with Crippen LogP contribution >= 0.6 is 0 Å². The van der Waals surface area contributed by atoms with E-state index < -0.39 is 8.07 Å². The van der Waals surface area contributed by atoms with Crippen LogP contribution in [0.4, 0.5) is 0 Å². The average molecular weight is 628 g/mol. The van der Waals surface area contributed by atoms with Crippen LogP contribution in [0.15, 0.2) is 70.7 Å². The van der Waals surface area contributed by atoms with E-state index in [0.29, 0.717) is 0 Å². The van der Waals surface area contributed by atoms with E-state index >= 15 is 0 Å². The minimum absolute atomic E-state index is 0. The third-order valence-corrected chi connectivity index (χ3v) is 11.9. The van der Waals surface area contributed by atoms with Gasteiger partial charge in [-0.1, -0.05) is 81.3 Å². The molecule has 3 heterocycles. The van der Waals surface area contributed by atoms with Gasteiger partial charge in [0.15, 0.2) is 0 Å². The number of aryl methyl sites for hydroxylation is 3. The molecular weight excluding hydrogens is 591 g/mol. The maximum atomic E-state index is 5.76. The van der Waals surface area contributed by atoms with Gasteiger partial charge in [-0.25, -0.2) is 0 Å². The second-order valence-electron chi connectivity index (χ2n) is 10.8. The molecule has 2 bridgehead atoms. The van der Waals surface area contributed by atoms with Crippen LogP contribution in [-0.4, -0.2) is 8.07 Å². The number of benzene rings is 2. The third kappa shape index (κ3) is 5.86. The van der Waals surface area contributed by atoms with E-state index in [1.807, 2.05) is 6.92 Å².